The van der Waals surface area contributed by atoms with Crippen molar-refractivity contribution >= 4 is 22.4 Å². The van der Waals surface area contributed by atoms with Crippen LogP contribution < -0.4 is 0 Å². The normalized spacial score (nSPS) is 11.2. The molecule has 0 amide bonds. The van der Waals surface area contributed by atoms with Gasteiger partial charge in [-0.2, -0.15) is 0 Å². The molecule has 0 aliphatic carbocycles. The van der Waals surface area contributed by atoms with Gasteiger partial charge >= 0.3 is 0 Å². The molecule has 0 N–H and O–H groups in total. The van der Waals surface area contributed by atoms with Crippen LogP contribution in [0.25, 0.3) is 21.9 Å². The highest BCUT2D eigenvalue weighted by atomic mass is 35.5. The van der Waals surface area contributed by atoms with Gasteiger partial charge in [0.05, 0.1) is 5.56 Å². The number of hydrogen-bond donors (Lipinski definition) is 0. The van der Waals surface area contributed by atoms with Crippen molar-refractivity contribution in [2.45, 2.75) is 25.7 Å². The lowest BCUT2D eigenvalue weighted by Gasteiger charge is -2.11. The van der Waals surface area contributed by atoms with E-state index in [-0.39, 0.29) is 23.8 Å². The van der Waals surface area contributed by atoms with E-state index in [9.17, 15) is 17.6 Å². The van der Waals surface area contributed by atoms with E-state index in [0.717, 1.165) is 12.1 Å². The first kappa shape index (κ1) is 24.0. The molecule has 0 fully saturated rings. The van der Waals surface area contributed by atoms with Gasteiger partial charge in [-0.3, -0.25) is 0 Å². The Morgan fingerprint density at radius 1 is 0.706 bits per heavy atom. The number of allylic oxidation sites excluding steroid dienone is 1. The molecule has 4 aromatic carbocycles. The molecule has 6 heteroatoms. The predicted molar refractivity (Wildman–Crippen MR) is 127 cm³/mol. The maximum atomic E-state index is 15.1. The zero-order valence-corrected chi connectivity index (χ0v) is 18.8. The molecule has 0 atom stereocenters. The van der Waals surface area contributed by atoms with Crippen molar-refractivity contribution in [1.29, 1.82) is 0 Å². The van der Waals surface area contributed by atoms with Gasteiger partial charge in [0.25, 0.3) is 0 Å². The van der Waals surface area contributed by atoms with Crippen molar-refractivity contribution in [3.8, 4) is 11.1 Å². The summed E-state index contributed by atoms with van der Waals surface area (Å²) in [6.07, 6.45) is 3.19. The third-order valence-electron chi connectivity index (χ3n) is 5.79. The molecule has 0 saturated carbocycles. The van der Waals surface area contributed by atoms with Gasteiger partial charge in [0.1, 0.15) is 34.1 Å². The molecule has 4 aromatic rings. The Bertz CT molecular complexity index is 1350. The first-order chi connectivity index (χ1) is 16.3. The van der Waals surface area contributed by atoms with Gasteiger partial charge < -0.3 is 0 Å². The number of aryl methyl sites for hydroxylation is 3. The average Bonchev–Trinajstić information content (AvgIpc) is 2.80. The Balaban J connectivity index is 1.62. The number of hydrogen-bond acceptors (Lipinski definition) is 0. The lowest BCUT2D eigenvalue weighted by molar-refractivity contribution is 0.579. The van der Waals surface area contributed by atoms with E-state index in [1.165, 1.54) is 30.3 Å². The molecule has 0 spiro atoms. The largest absolute Gasteiger partial charge is 0.206 e. The third kappa shape index (κ3) is 4.85. The summed E-state index contributed by atoms with van der Waals surface area (Å²) in [5.74, 6) is -3.58. The van der Waals surface area contributed by atoms with Crippen LogP contribution in [0.3, 0.4) is 0 Å². The summed E-state index contributed by atoms with van der Waals surface area (Å²) in [5, 5.41) is 0.200. The second-order valence-electron chi connectivity index (χ2n) is 8.11. The molecular weight excluding hydrogens is 467 g/mol. The smallest absolute Gasteiger partial charge is 0.145 e. The van der Waals surface area contributed by atoms with Crippen LogP contribution in [0.5, 0.6) is 0 Å². The summed E-state index contributed by atoms with van der Waals surface area (Å²) in [6.45, 7) is 3.61. The van der Waals surface area contributed by atoms with Gasteiger partial charge in [-0.15, -0.1) is 6.58 Å². The summed E-state index contributed by atoms with van der Waals surface area (Å²) >= 11 is 5.50. The SMILES string of the molecule is C=CCCc1cc(F)c(-c2ccc3c(F)c(CCc4cc(F)c(Cl)c(F)c4)ccc3c2)c(F)c1. The van der Waals surface area contributed by atoms with E-state index in [4.69, 9.17) is 11.6 Å². The average molecular weight is 487 g/mol. The van der Waals surface area contributed by atoms with Gasteiger partial charge in [0, 0.05) is 5.39 Å². The van der Waals surface area contributed by atoms with Crippen LogP contribution in [0, 0.1) is 29.1 Å². The van der Waals surface area contributed by atoms with E-state index in [2.05, 4.69) is 6.58 Å². The third-order valence-corrected chi connectivity index (χ3v) is 6.15. The fourth-order valence-electron chi connectivity index (χ4n) is 4.03. The van der Waals surface area contributed by atoms with Crippen LogP contribution in [-0.2, 0) is 19.3 Å². The summed E-state index contributed by atoms with van der Waals surface area (Å²) in [7, 11) is 0. The number of benzene rings is 4. The number of halogens is 6. The minimum absolute atomic E-state index is 0.166. The first-order valence-corrected chi connectivity index (χ1v) is 11.1. The highest BCUT2D eigenvalue weighted by Gasteiger charge is 2.16. The minimum atomic E-state index is -0.864. The van der Waals surface area contributed by atoms with E-state index in [0.29, 0.717) is 40.5 Å². The van der Waals surface area contributed by atoms with Crippen LogP contribution in [0.15, 0.2) is 67.3 Å². The zero-order chi connectivity index (χ0) is 24.4. The van der Waals surface area contributed by atoms with Gasteiger partial charge in [-0.25, -0.2) is 22.0 Å². The molecule has 0 radical (unpaired) electrons. The molecule has 0 bridgehead atoms. The van der Waals surface area contributed by atoms with Crippen molar-refractivity contribution < 1.29 is 22.0 Å². The van der Waals surface area contributed by atoms with E-state index < -0.39 is 34.1 Å². The van der Waals surface area contributed by atoms with Crippen molar-refractivity contribution in [3.05, 3.63) is 118 Å². The molecule has 4 rings (SSSR count). The Labute approximate surface area is 199 Å². The van der Waals surface area contributed by atoms with E-state index in [1.54, 1.807) is 18.2 Å². The van der Waals surface area contributed by atoms with Crippen LogP contribution >= 0.6 is 11.6 Å². The quantitative estimate of drug-likeness (QED) is 0.139. The standard InChI is InChI=1S/C28H20ClF5/c1-2-3-4-16-11-22(30)26(23(31)12-16)20-9-10-21-19(15-20)8-7-18(28(21)34)6-5-17-13-24(32)27(29)25(33)14-17/h2,7-15H,1,3-6H2. The molecule has 0 aromatic heterocycles. The van der Waals surface area contributed by atoms with E-state index in [1.807, 2.05) is 0 Å². The number of rotatable bonds is 7. The van der Waals surface area contributed by atoms with Crippen LogP contribution in [0.2, 0.25) is 5.02 Å². The summed E-state index contributed by atoms with van der Waals surface area (Å²) in [5.41, 5.74) is 1.39. The molecule has 174 valence electrons. The Morgan fingerprint density at radius 3 is 1.97 bits per heavy atom. The fraction of sp³-hybridized carbons (Fsp3) is 0.143. The van der Waals surface area contributed by atoms with Crippen LogP contribution in [0.4, 0.5) is 22.0 Å². The van der Waals surface area contributed by atoms with Crippen LogP contribution in [-0.4, -0.2) is 0 Å². The van der Waals surface area contributed by atoms with Crippen LogP contribution in [0.1, 0.15) is 23.1 Å². The van der Waals surface area contributed by atoms with Gasteiger partial charge in [0.2, 0.25) is 0 Å². The van der Waals surface area contributed by atoms with Crippen molar-refractivity contribution in [3.63, 3.8) is 0 Å². The molecule has 0 nitrogen and oxygen atoms in total. The fourth-order valence-corrected chi connectivity index (χ4v) is 4.14. The van der Waals surface area contributed by atoms with Crippen molar-refractivity contribution in [1.82, 2.24) is 0 Å². The molecule has 34 heavy (non-hydrogen) atoms. The molecule has 0 aliphatic rings. The maximum Gasteiger partial charge on any atom is 0.145 e. The lowest BCUT2D eigenvalue weighted by atomic mass is 9.95. The molecular formula is C28H20ClF5. The number of fused-ring (bicyclic) bond motifs is 1. The highest BCUT2D eigenvalue weighted by molar-refractivity contribution is 6.30. The second-order valence-corrected chi connectivity index (χ2v) is 8.49. The van der Waals surface area contributed by atoms with Crippen molar-refractivity contribution in [2.75, 3.05) is 0 Å². The summed E-state index contributed by atoms with van der Waals surface area (Å²) in [6, 6.07) is 12.6. The molecule has 0 heterocycles. The van der Waals surface area contributed by atoms with Gasteiger partial charge in [0.15, 0.2) is 0 Å². The molecule has 0 aliphatic heterocycles. The maximum absolute atomic E-state index is 15.1. The Morgan fingerprint density at radius 2 is 1.32 bits per heavy atom. The zero-order valence-electron chi connectivity index (χ0n) is 18.1. The lowest BCUT2D eigenvalue weighted by Crippen LogP contribution is -1.98. The van der Waals surface area contributed by atoms with E-state index >= 15 is 4.39 Å². The van der Waals surface area contributed by atoms with Gasteiger partial charge in [-0.1, -0.05) is 41.9 Å². The Kier molecular flexibility index (Phi) is 7.03. The predicted octanol–water partition coefficient (Wildman–Crippen LogP) is 8.76. The highest BCUT2D eigenvalue weighted by Crippen LogP contribution is 2.32. The molecule has 0 unspecified atom stereocenters. The first-order valence-electron chi connectivity index (χ1n) is 10.7. The molecule has 0 saturated heterocycles. The topological polar surface area (TPSA) is 0 Å². The van der Waals surface area contributed by atoms with Crippen molar-refractivity contribution in [2.24, 2.45) is 0 Å². The summed E-state index contributed by atoms with van der Waals surface area (Å²) < 4.78 is 71.9. The second kappa shape index (κ2) is 9.98. The van der Waals surface area contributed by atoms with Gasteiger partial charge in [-0.05, 0) is 83.7 Å². The minimum Gasteiger partial charge on any atom is -0.206 e. The monoisotopic (exact) mass is 486 g/mol. The summed E-state index contributed by atoms with van der Waals surface area (Å²) in [4.78, 5) is 0. The Hall–Kier alpha value is -3.18.